The van der Waals surface area contributed by atoms with Crippen LogP contribution in [0.5, 0.6) is 0 Å². The van der Waals surface area contributed by atoms with Crippen LogP contribution in [0.3, 0.4) is 0 Å². The van der Waals surface area contributed by atoms with Gasteiger partial charge in [0.2, 0.25) is 0 Å². The van der Waals surface area contributed by atoms with E-state index in [9.17, 15) is 4.79 Å². The molecular weight excluding hydrogens is 252 g/mol. The highest BCUT2D eigenvalue weighted by molar-refractivity contribution is 5.98. The highest BCUT2D eigenvalue weighted by atomic mass is 16.5. The van der Waals surface area contributed by atoms with Gasteiger partial charge >= 0.3 is 0 Å². The second-order valence-corrected chi connectivity index (χ2v) is 5.36. The molecule has 20 heavy (non-hydrogen) atoms. The van der Waals surface area contributed by atoms with Gasteiger partial charge in [0, 0.05) is 42.4 Å². The van der Waals surface area contributed by atoms with Gasteiger partial charge in [-0.25, -0.2) is 0 Å². The minimum Gasteiger partial charge on any atom is -0.381 e. The third kappa shape index (κ3) is 4.10. The van der Waals surface area contributed by atoms with Crippen LogP contribution >= 0.6 is 0 Å². The van der Waals surface area contributed by atoms with E-state index >= 15 is 0 Å². The van der Waals surface area contributed by atoms with Crippen LogP contribution < -0.4 is 5.32 Å². The summed E-state index contributed by atoms with van der Waals surface area (Å²) in [5.74, 6) is 0.523. The van der Waals surface area contributed by atoms with E-state index in [1.807, 2.05) is 30.5 Å². The van der Waals surface area contributed by atoms with Crippen LogP contribution in [0, 0.1) is 5.92 Å². The van der Waals surface area contributed by atoms with Crippen molar-refractivity contribution in [2.45, 2.75) is 20.3 Å². The minimum atomic E-state index is -0.0306. The van der Waals surface area contributed by atoms with Crippen molar-refractivity contribution in [2.75, 3.05) is 19.8 Å². The van der Waals surface area contributed by atoms with E-state index in [0.717, 1.165) is 23.9 Å². The number of H-pyrrole nitrogens is 1. The molecule has 1 aromatic heterocycles. The SMILES string of the molecule is CC(C)COCCCNC(=O)c1ccc2[nH]ccc2c1. The third-order valence-corrected chi connectivity index (χ3v) is 3.02. The second-order valence-electron chi connectivity index (χ2n) is 5.36. The summed E-state index contributed by atoms with van der Waals surface area (Å²) >= 11 is 0. The molecule has 0 spiro atoms. The van der Waals surface area contributed by atoms with Crippen molar-refractivity contribution in [3.05, 3.63) is 36.0 Å². The molecule has 2 N–H and O–H groups in total. The Morgan fingerprint density at radius 3 is 3.00 bits per heavy atom. The van der Waals surface area contributed by atoms with E-state index in [-0.39, 0.29) is 5.91 Å². The van der Waals surface area contributed by atoms with Crippen LogP contribution in [0.25, 0.3) is 10.9 Å². The molecule has 1 amide bonds. The van der Waals surface area contributed by atoms with Crippen LogP contribution in [0.15, 0.2) is 30.5 Å². The number of ether oxygens (including phenoxy) is 1. The monoisotopic (exact) mass is 274 g/mol. The van der Waals surface area contributed by atoms with Gasteiger partial charge in [0.15, 0.2) is 0 Å². The zero-order chi connectivity index (χ0) is 14.4. The lowest BCUT2D eigenvalue weighted by molar-refractivity contribution is 0.0925. The Bertz CT molecular complexity index is 560. The van der Waals surface area contributed by atoms with Gasteiger partial charge in [-0.3, -0.25) is 4.79 Å². The smallest absolute Gasteiger partial charge is 0.251 e. The van der Waals surface area contributed by atoms with E-state index in [1.165, 1.54) is 0 Å². The van der Waals surface area contributed by atoms with Crippen molar-refractivity contribution >= 4 is 16.8 Å². The van der Waals surface area contributed by atoms with Gasteiger partial charge in [-0.05, 0) is 36.6 Å². The normalized spacial score (nSPS) is 11.2. The van der Waals surface area contributed by atoms with Crippen LogP contribution in [-0.2, 0) is 4.74 Å². The number of rotatable bonds is 7. The molecule has 4 nitrogen and oxygen atoms in total. The molecule has 1 aromatic carbocycles. The van der Waals surface area contributed by atoms with Crippen molar-refractivity contribution in [3.8, 4) is 0 Å². The summed E-state index contributed by atoms with van der Waals surface area (Å²) in [6.07, 6.45) is 2.71. The first-order valence-electron chi connectivity index (χ1n) is 7.10. The fraction of sp³-hybridized carbons (Fsp3) is 0.438. The number of benzene rings is 1. The molecule has 1 heterocycles. The van der Waals surface area contributed by atoms with Crippen molar-refractivity contribution in [1.82, 2.24) is 10.3 Å². The quantitative estimate of drug-likeness (QED) is 0.763. The number of hydrogen-bond donors (Lipinski definition) is 2. The molecule has 0 atom stereocenters. The van der Waals surface area contributed by atoms with Gasteiger partial charge in [-0.2, -0.15) is 0 Å². The summed E-state index contributed by atoms with van der Waals surface area (Å²) in [4.78, 5) is 15.1. The Morgan fingerprint density at radius 2 is 2.20 bits per heavy atom. The van der Waals surface area contributed by atoms with E-state index in [0.29, 0.717) is 24.6 Å². The van der Waals surface area contributed by atoms with Gasteiger partial charge in [0.05, 0.1) is 0 Å². The Labute approximate surface area is 119 Å². The summed E-state index contributed by atoms with van der Waals surface area (Å²) in [6.45, 7) is 6.35. The van der Waals surface area contributed by atoms with E-state index in [2.05, 4.69) is 24.1 Å². The summed E-state index contributed by atoms with van der Waals surface area (Å²) in [6, 6.07) is 7.63. The van der Waals surface area contributed by atoms with E-state index in [1.54, 1.807) is 0 Å². The molecule has 2 aromatic rings. The molecule has 0 unspecified atom stereocenters. The Balaban J connectivity index is 1.74. The maximum Gasteiger partial charge on any atom is 0.251 e. The fourth-order valence-corrected chi connectivity index (χ4v) is 1.99. The first kappa shape index (κ1) is 14.6. The summed E-state index contributed by atoms with van der Waals surface area (Å²) in [5.41, 5.74) is 1.74. The summed E-state index contributed by atoms with van der Waals surface area (Å²) in [5, 5.41) is 3.97. The largest absolute Gasteiger partial charge is 0.381 e. The number of nitrogens with one attached hydrogen (secondary N) is 2. The molecule has 0 radical (unpaired) electrons. The number of fused-ring (bicyclic) bond motifs is 1. The number of carbonyl (C=O) groups excluding carboxylic acids is 1. The highest BCUT2D eigenvalue weighted by Crippen LogP contribution is 2.14. The summed E-state index contributed by atoms with van der Waals surface area (Å²) < 4.78 is 5.47. The molecule has 4 heteroatoms. The Kier molecular flexibility index (Phi) is 5.18. The van der Waals surface area contributed by atoms with Gasteiger partial charge in [-0.15, -0.1) is 0 Å². The summed E-state index contributed by atoms with van der Waals surface area (Å²) in [7, 11) is 0. The van der Waals surface area contributed by atoms with Crippen LogP contribution in [-0.4, -0.2) is 30.6 Å². The zero-order valence-electron chi connectivity index (χ0n) is 12.1. The standard InChI is InChI=1S/C16H22N2O2/c1-12(2)11-20-9-3-7-18-16(19)14-4-5-15-13(10-14)6-8-17-15/h4-6,8,10,12,17H,3,7,9,11H2,1-2H3,(H,18,19). The number of amides is 1. The predicted octanol–water partition coefficient (Wildman–Crippen LogP) is 2.96. The van der Waals surface area contributed by atoms with Crippen LogP contribution in [0.2, 0.25) is 0 Å². The predicted molar refractivity (Wildman–Crippen MR) is 80.9 cm³/mol. The molecule has 108 valence electrons. The van der Waals surface area contributed by atoms with Crippen LogP contribution in [0.1, 0.15) is 30.6 Å². The fourth-order valence-electron chi connectivity index (χ4n) is 1.99. The first-order chi connectivity index (χ1) is 9.66. The van der Waals surface area contributed by atoms with E-state index in [4.69, 9.17) is 4.74 Å². The number of carbonyl (C=O) groups is 1. The van der Waals surface area contributed by atoms with Gasteiger partial charge in [0.25, 0.3) is 5.91 Å². The molecule has 0 aliphatic heterocycles. The average Bonchev–Trinajstić information content (AvgIpc) is 2.89. The lowest BCUT2D eigenvalue weighted by Crippen LogP contribution is -2.25. The minimum absolute atomic E-state index is 0.0306. The van der Waals surface area contributed by atoms with Crippen molar-refractivity contribution < 1.29 is 9.53 Å². The first-order valence-corrected chi connectivity index (χ1v) is 7.10. The molecular formula is C16H22N2O2. The molecule has 0 saturated heterocycles. The average molecular weight is 274 g/mol. The molecule has 0 aliphatic rings. The topological polar surface area (TPSA) is 54.1 Å². The molecule has 2 rings (SSSR count). The molecule has 0 aliphatic carbocycles. The van der Waals surface area contributed by atoms with Crippen molar-refractivity contribution in [2.24, 2.45) is 5.92 Å². The second kappa shape index (κ2) is 7.10. The molecule has 0 saturated carbocycles. The van der Waals surface area contributed by atoms with Crippen LogP contribution in [0.4, 0.5) is 0 Å². The number of hydrogen-bond acceptors (Lipinski definition) is 2. The maximum atomic E-state index is 12.0. The Morgan fingerprint density at radius 1 is 1.35 bits per heavy atom. The highest BCUT2D eigenvalue weighted by Gasteiger charge is 2.06. The van der Waals surface area contributed by atoms with Gasteiger partial charge < -0.3 is 15.0 Å². The molecule has 0 fully saturated rings. The number of aromatic amines is 1. The lowest BCUT2D eigenvalue weighted by atomic mass is 10.1. The van der Waals surface area contributed by atoms with Gasteiger partial charge in [0.1, 0.15) is 0 Å². The lowest BCUT2D eigenvalue weighted by Gasteiger charge is -2.08. The van der Waals surface area contributed by atoms with Crippen molar-refractivity contribution in [3.63, 3.8) is 0 Å². The van der Waals surface area contributed by atoms with Crippen molar-refractivity contribution in [1.29, 1.82) is 0 Å². The maximum absolute atomic E-state index is 12.0. The van der Waals surface area contributed by atoms with E-state index < -0.39 is 0 Å². The van der Waals surface area contributed by atoms with Gasteiger partial charge in [-0.1, -0.05) is 13.8 Å². The third-order valence-electron chi connectivity index (χ3n) is 3.02. The zero-order valence-corrected chi connectivity index (χ0v) is 12.1. The Hall–Kier alpha value is -1.81. The molecule has 0 bridgehead atoms. The number of aromatic nitrogens is 1.